The van der Waals surface area contributed by atoms with Gasteiger partial charge in [0.1, 0.15) is 6.04 Å². The molecule has 1 fully saturated rings. The Labute approximate surface area is 108 Å². The number of aromatic nitrogens is 2. The van der Waals surface area contributed by atoms with Crippen molar-refractivity contribution in [2.24, 2.45) is 0 Å². The number of carbonyl (C=O) groups excluding carboxylic acids is 1. The highest BCUT2D eigenvalue weighted by Gasteiger charge is 2.32. The number of hydrogen-bond donors (Lipinski definition) is 2. The Morgan fingerprint density at radius 2 is 2.17 bits per heavy atom. The van der Waals surface area contributed by atoms with Crippen LogP contribution in [0.4, 0.5) is 10.7 Å². The average Bonchev–Trinajstić information content (AvgIpc) is 2.40. The van der Waals surface area contributed by atoms with Crippen LogP contribution >= 0.6 is 11.8 Å². The lowest BCUT2D eigenvalue weighted by molar-refractivity contribution is -0.141. The van der Waals surface area contributed by atoms with E-state index in [2.05, 4.69) is 15.3 Å². The molecule has 2 rings (SSSR count). The van der Waals surface area contributed by atoms with Crippen LogP contribution in [0.5, 0.6) is 0 Å². The number of nitrogens with one attached hydrogen (secondary N) is 1. The van der Waals surface area contributed by atoms with Crippen molar-refractivity contribution in [2.45, 2.75) is 6.04 Å². The molecule has 1 aliphatic heterocycles. The summed E-state index contributed by atoms with van der Waals surface area (Å²) in [5.74, 6) is 0.307. The number of aliphatic carboxylic acids is 1. The maximum Gasteiger partial charge on any atom is 0.327 e. The fourth-order valence-electron chi connectivity index (χ4n) is 1.58. The van der Waals surface area contributed by atoms with Crippen LogP contribution in [0.15, 0.2) is 18.5 Å². The molecular weight excluding hydrogens is 256 g/mol. The molecule has 1 aliphatic rings. The van der Waals surface area contributed by atoms with E-state index in [4.69, 9.17) is 5.11 Å². The Bertz CT molecular complexity index is 442. The molecule has 1 aromatic rings. The summed E-state index contributed by atoms with van der Waals surface area (Å²) >= 11 is 1.53. The molecule has 96 valence electrons. The predicted molar refractivity (Wildman–Crippen MR) is 66.5 cm³/mol. The zero-order valence-corrected chi connectivity index (χ0v) is 10.3. The highest BCUT2D eigenvalue weighted by molar-refractivity contribution is 7.99. The summed E-state index contributed by atoms with van der Waals surface area (Å²) in [6.07, 6.45) is 3.01. The van der Waals surface area contributed by atoms with Gasteiger partial charge in [-0.05, 0) is 6.07 Å². The standard InChI is InChI=1S/C10H12N4O3S/c15-8(16)7-6-18-5-4-14(7)10(17)13-9-11-2-1-3-12-9/h1-3,7H,4-6H2,(H,15,16)(H,11,12,13,17). The third-order valence-corrected chi connectivity index (χ3v) is 3.48. The zero-order valence-electron chi connectivity index (χ0n) is 9.44. The fourth-order valence-corrected chi connectivity index (χ4v) is 2.62. The normalized spacial score (nSPS) is 19.3. The minimum absolute atomic E-state index is 0.171. The van der Waals surface area contributed by atoms with E-state index >= 15 is 0 Å². The number of thioether (sulfide) groups is 1. The van der Waals surface area contributed by atoms with Crippen LogP contribution in [0.3, 0.4) is 0 Å². The number of hydrogen-bond acceptors (Lipinski definition) is 5. The van der Waals surface area contributed by atoms with Crippen molar-refractivity contribution in [1.29, 1.82) is 0 Å². The van der Waals surface area contributed by atoms with Crippen molar-refractivity contribution in [3.8, 4) is 0 Å². The lowest BCUT2D eigenvalue weighted by Gasteiger charge is -2.32. The van der Waals surface area contributed by atoms with Gasteiger partial charge in [-0.15, -0.1) is 0 Å². The number of carboxylic acids is 1. The molecule has 0 radical (unpaired) electrons. The lowest BCUT2D eigenvalue weighted by Crippen LogP contribution is -2.51. The minimum Gasteiger partial charge on any atom is -0.480 e. The number of amides is 2. The van der Waals surface area contributed by atoms with Gasteiger partial charge >= 0.3 is 12.0 Å². The fraction of sp³-hybridized carbons (Fsp3) is 0.400. The Morgan fingerprint density at radius 1 is 1.44 bits per heavy atom. The van der Waals surface area contributed by atoms with Gasteiger partial charge < -0.3 is 10.0 Å². The highest BCUT2D eigenvalue weighted by atomic mass is 32.2. The monoisotopic (exact) mass is 268 g/mol. The van der Waals surface area contributed by atoms with Crippen molar-refractivity contribution in [3.05, 3.63) is 18.5 Å². The predicted octanol–water partition coefficient (Wildman–Crippen LogP) is 0.510. The Morgan fingerprint density at radius 3 is 2.83 bits per heavy atom. The molecule has 0 saturated carbocycles. The van der Waals surface area contributed by atoms with Crippen molar-refractivity contribution in [3.63, 3.8) is 0 Å². The molecule has 1 unspecified atom stereocenters. The summed E-state index contributed by atoms with van der Waals surface area (Å²) in [4.78, 5) is 32.0. The quantitative estimate of drug-likeness (QED) is 0.811. The topological polar surface area (TPSA) is 95.4 Å². The molecule has 1 saturated heterocycles. The number of carbonyl (C=O) groups is 2. The summed E-state index contributed by atoms with van der Waals surface area (Å²) < 4.78 is 0. The molecule has 2 N–H and O–H groups in total. The van der Waals surface area contributed by atoms with Crippen LogP contribution in [0.25, 0.3) is 0 Å². The van der Waals surface area contributed by atoms with Gasteiger partial charge in [0.05, 0.1) is 0 Å². The molecule has 18 heavy (non-hydrogen) atoms. The number of anilines is 1. The van der Waals surface area contributed by atoms with Gasteiger partial charge in [0.25, 0.3) is 0 Å². The van der Waals surface area contributed by atoms with E-state index in [1.54, 1.807) is 6.07 Å². The first-order valence-corrected chi connectivity index (χ1v) is 6.49. The average molecular weight is 268 g/mol. The third kappa shape index (κ3) is 2.89. The van der Waals surface area contributed by atoms with Crippen LogP contribution in [0.2, 0.25) is 0 Å². The first kappa shape index (κ1) is 12.6. The smallest absolute Gasteiger partial charge is 0.327 e. The van der Waals surface area contributed by atoms with Crippen molar-refractivity contribution >= 4 is 29.7 Å². The van der Waals surface area contributed by atoms with E-state index in [9.17, 15) is 9.59 Å². The minimum atomic E-state index is -0.994. The van der Waals surface area contributed by atoms with Gasteiger partial charge in [-0.1, -0.05) is 0 Å². The molecule has 8 heteroatoms. The molecule has 0 aliphatic carbocycles. The molecule has 2 amide bonds. The zero-order chi connectivity index (χ0) is 13.0. The number of nitrogens with zero attached hydrogens (tertiary/aromatic N) is 3. The van der Waals surface area contributed by atoms with E-state index in [-0.39, 0.29) is 5.95 Å². The van der Waals surface area contributed by atoms with Gasteiger partial charge in [0.2, 0.25) is 5.95 Å². The summed E-state index contributed by atoms with van der Waals surface area (Å²) in [6, 6.07) is 0.356. The van der Waals surface area contributed by atoms with Crippen LogP contribution < -0.4 is 5.32 Å². The Kier molecular flexibility index (Phi) is 3.98. The molecule has 1 aromatic heterocycles. The van der Waals surface area contributed by atoms with E-state index in [1.165, 1.54) is 29.1 Å². The lowest BCUT2D eigenvalue weighted by atomic mass is 10.3. The summed E-state index contributed by atoms with van der Waals surface area (Å²) in [6.45, 7) is 0.403. The van der Waals surface area contributed by atoms with Crippen LogP contribution in [-0.2, 0) is 4.79 Å². The number of rotatable bonds is 2. The summed E-state index contributed by atoms with van der Waals surface area (Å²) in [5.41, 5.74) is 0. The maximum atomic E-state index is 11.9. The van der Waals surface area contributed by atoms with Crippen molar-refractivity contribution in [2.75, 3.05) is 23.4 Å². The van der Waals surface area contributed by atoms with Crippen LogP contribution in [-0.4, -0.2) is 56.1 Å². The SMILES string of the molecule is O=C(O)C1CSCCN1C(=O)Nc1ncccn1. The molecule has 2 heterocycles. The molecule has 0 aromatic carbocycles. The van der Waals surface area contributed by atoms with Gasteiger partial charge in [-0.25, -0.2) is 19.6 Å². The summed E-state index contributed by atoms with van der Waals surface area (Å²) in [7, 11) is 0. The van der Waals surface area contributed by atoms with E-state index in [0.29, 0.717) is 12.3 Å². The van der Waals surface area contributed by atoms with Crippen LogP contribution in [0, 0.1) is 0 Å². The number of urea groups is 1. The summed E-state index contributed by atoms with van der Waals surface area (Å²) in [5, 5.41) is 11.5. The molecule has 7 nitrogen and oxygen atoms in total. The van der Waals surface area contributed by atoms with Gasteiger partial charge in [-0.2, -0.15) is 11.8 Å². The second kappa shape index (κ2) is 5.67. The van der Waals surface area contributed by atoms with Crippen LogP contribution in [0.1, 0.15) is 0 Å². The van der Waals surface area contributed by atoms with Gasteiger partial charge in [0, 0.05) is 30.4 Å². The van der Waals surface area contributed by atoms with Crippen molar-refractivity contribution in [1.82, 2.24) is 14.9 Å². The Balaban J connectivity index is 2.05. The van der Waals surface area contributed by atoms with E-state index in [1.807, 2.05) is 0 Å². The van der Waals surface area contributed by atoms with Gasteiger partial charge in [-0.3, -0.25) is 5.32 Å². The second-order valence-electron chi connectivity index (χ2n) is 3.62. The Hall–Kier alpha value is -1.83. The molecular formula is C10H12N4O3S. The number of carboxylic acid groups (broad SMARTS) is 1. The van der Waals surface area contributed by atoms with E-state index < -0.39 is 18.0 Å². The first-order chi connectivity index (χ1) is 8.68. The second-order valence-corrected chi connectivity index (χ2v) is 4.77. The first-order valence-electron chi connectivity index (χ1n) is 5.33. The van der Waals surface area contributed by atoms with E-state index in [0.717, 1.165) is 5.75 Å². The molecule has 0 spiro atoms. The maximum absolute atomic E-state index is 11.9. The van der Waals surface area contributed by atoms with Gasteiger partial charge in [0.15, 0.2) is 0 Å². The highest BCUT2D eigenvalue weighted by Crippen LogP contribution is 2.17. The third-order valence-electron chi connectivity index (χ3n) is 2.46. The molecule has 0 bridgehead atoms. The van der Waals surface area contributed by atoms with Crippen molar-refractivity contribution < 1.29 is 14.7 Å². The largest absolute Gasteiger partial charge is 0.480 e. The molecule has 1 atom stereocenters.